The van der Waals surface area contributed by atoms with Crippen LogP contribution in [0.4, 0.5) is 5.69 Å². The molecular formula is C11H11BrN2O2. The van der Waals surface area contributed by atoms with E-state index < -0.39 is 5.97 Å². The largest absolute Gasteiger partial charge is 0.461 e. The molecule has 0 saturated carbocycles. The van der Waals surface area contributed by atoms with Crippen LogP contribution in [0.25, 0.3) is 0 Å². The quantitative estimate of drug-likeness (QED) is 0.481. The Balaban J connectivity index is 2.63. The van der Waals surface area contributed by atoms with Gasteiger partial charge in [-0.1, -0.05) is 22.5 Å². The molecule has 0 aliphatic carbocycles. The molecule has 0 amide bonds. The maximum absolute atomic E-state index is 11.1. The molecule has 5 heteroatoms. The van der Waals surface area contributed by atoms with E-state index in [1.807, 2.05) is 12.1 Å². The first-order chi connectivity index (χ1) is 7.63. The molecule has 0 N–H and O–H groups in total. The van der Waals surface area contributed by atoms with Gasteiger partial charge in [0.15, 0.2) is 5.70 Å². The van der Waals surface area contributed by atoms with Gasteiger partial charge in [-0.15, -0.1) is 5.11 Å². The Bertz CT molecular complexity index is 412. The van der Waals surface area contributed by atoms with Gasteiger partial charge in [-0.3, -0.25) is 0 Å². The van der Waals surface area contributed by atoms with Crippen LogP contribution in [-0.2, 0) is 9.53 Å². The van der Waals surface area contributed by atoms with E-state index >= 15 is 0 Å². The van der Waals surface area contributed by atoms with E-state index in [-0.39, 0.29) is 5.70 Å². The molecule has 0 bridgehead atoms. The third-order valence-corrected chi connectivity index (χ3v) is 2.15. The van der Waals surface area contributed by atoms with Crippen LogP contribution < -0.4 is 0 Å². The summed E-state index contributed by atoms with van der Waals surface area (Å²) in [6, 6.07) is 7.21. The van der Waals surface area contributed by atoms with Gasteiger partial charge >= 0.3 is 5.97 Å². The third kappa shape index (κ3) is 3.94. The number of carbonyl (C=O) groups is 1. The summed E-state index contributed by atoms with van der Waals surface area (Å²) in [6.45, 7) is 5.48. The summed E-state index contributed by atoms with van der Waals surface area (Å²) >= 11 is 3.31. The average Bonchev–Trinajstić information content (AvgIpc) is 2.28. The number of rotatable bonds is 4. The summed E-state index contributed by atoms with van der Waals surface area (Å²) in [7, 11) is 0. The molecule has 0 saturated heterocycles. The molecule has 1 rings (SSSR count). The van der Waals surface area contributed by atoms with Crippen LogP contribution in [-0.4, -0.2) is 12.6 Å². The first kappa shape index (κ1) is 12.6. The van der Waals surface area contributed by atoms with Crippen LogP contribution in [0.1, 0.15) is 6.92 Å². The van der Waals surface area contributed by atoms with E-state index in [0.29, 0.717) is 12.3 Å². The fourth-order valence-electron chi connectivity index (χ4n) is 0.881. The van der Waals surface area contributed by atoms with Gasteiger partial charge in [0, 0.05) is 4.47 Å². The molecule has 0 heterocycles. The Kier molecular flexibility index (Phi) is 4.85. The Morgan fingerprint density at radius 3 is 2.62 bits per heavy atom. The number of halogens is 1. The van der Waals surface area contributed by atoms with Crippen molar-refractivity contribution in [3.05, 3.63) is 41.0 Å². The lowest BCUT2D eigenvalue weighted by Gasteiger charge is -1.98. The summed E-state index contributed by atoms with van der Waals surface area (Å²) in [5, 5.41) is 7.54. The number of azo groups is 1. The van der Waals surface area contributed by atoms with Crippen LogP contribution in [0, 0.1) is 0 Å². The lowest BCUT2D eigenvalue weighted by Crippen LogP contribution is -2.04. The van der Waals surface area contributed by atoms with Crippen LogP contribution in [0.2, 0.25) is 0 Å². The Morgan fingerprint density at radius 2 is 2.06 bits per heavy atom. The SMILES string of the molecule is C=C(N=Nc1ccc(Br)cc1)C(=O)OCC. The minimum Gasteiger partial charge on any atom is -0.461 e. The van der Waals surface area contributed by atoms with Crippen molar-refractivity contribution >= 4 is 27.6 Å². The maximum atomic E-state index is 11.1. The van der Waals surface area contributed by atoms with Crippen LogP contribution in [0.5, 0.6) is 0 Å². The molecule has 0 aromatic heterocycles. The highest BCUT2D eigenvalue weighted by atomic mass is 79.9. The fourth-order valence-corrected chi connectivity index (χ4v) is 1.15. The summed E-state index contributed by atoms with van der Waals surface area (Å²) < 4.78 is 5.67. The lowest BCUT2D eigenvalue weighted by atomic mass is 10.3. The summed E-state index contributed by atoms with van der Waals surface area (Å²) in [4.78, 5) is 11.1. The van der Waals surface area contributed by atoms with E-state index in [1.54, 1.807) is 19.1 Å². The van der Waals surface area contributed by atoms with Crippen molar-refractivity contribution in [3.63, 3.8) is 0 Å². The normalized spacial score (nSPS) is 10.4. The molecular weight excluding hydrogens is 272 g/mol. The molecule has 0 aliphatic heterocycles. The predicted octanol–water partition coefficient (Wildman–Crippen LogP) is 3.61. The number of esters is 1. The standard InChI is InChI=1S/C11H11BrN2O2/c1-3-16-11(15)8(2)13-14-10-6-4-9(12)5-7-10/h4-7H,2-3H2,1H3. The molecule has 16 heavy (non-hydrogen) atoms. The highest BCUT2D eigenvalue weighted by molar-refractivity contribution is 9.10. The van der Waals surface area contributed by atoms with E-state index in [2.05, 4.69) is 32.7 Å². The van der Waals surface area contributed by atoms with Crippen molar-refractivity contribution < 1.29 is 9.53 Å². The second-order valence-electron chi connectivity index (χ2n) is 2.84. The maximum Gasteiger partial charge on any atom is 0.358 e. The molecule has 1 aromatic rings. The summed E-state index contributed by atoms with van der Waals surface area (Å²) in [6.07, 6.45) is 0. The predicted molar refractivity (Wildman–Crippen MR) is 64.4 cm³/mol. The molecule has 0 spiro atoms. The van der Waals surface area contributed by atoms with Crippen molar-refractivity contribution in [2.45, 2.75) is 6.92 Å². The number of hydrogen-bond donors (Lipinski definition) is 0. The van der Waals surface area contributed by atoms with E-state index in [1.165, 1.54) is 0 Å². The fraction of sp³-hybridized carbons (Fsp3) is 0.182. The third-order valence-electron chi connectivity index (χ3n) is 1.62. The molecule has 0 aliphatic rings. The Labute approximate surface area is 102 Å². The number of nitrogens with zero attached hydrogens (tertiary/aromatic N) is 2. The minimum absolute atomic E-state index is 0.00947. The smallest absolute Gasteiger partial charge is 0.358 e. The number of hydrogen-bond acceptors (Lipinski definition) is 4. The van der Waals surface area contributed by atoms with Gasteiger partial charge in [0.1, 0.15) is 0 Å². The molecule has 1 aromatic carbocycles. The van der Waals surface area contributed by atoms with Gasteiger partial charge in [-0.25, -0.2) is 4.79 Å². The number of ether oxygens (including phenoxy) is 1. The van der Waals surface area contributed by atoms with Crippen LogP contribution in [0.3, 0.4) is 0 Å². The van der Waals surface area contributed by atoms with Gasteiger partial charge < -0.3 is 4.74 Å². The zero-order chi connectivity index (χ0) is 12.0. The zero-order valence-electron chi connectivity index (χ0n) is 8.81. The molecule has 0 unspecified atom stereocenters. The summed E-state index contributed by atoms with van der Waals surface area (Å²) in [5.41, 5.74) is 0.637. The molecule has 0 radical (unpaired) electrons. The minimum atomic E-state index is -0.552. The van der Waals surface area contributed by atoms with Crippen LogP contribution >= 0.6 is 15.9 Å². The molecule has 4 nitrogen and oxygen atoms in total. The number of carbonyl (C=O) groups excluding carboxylic acids is 1. The average molecular weight is 283 g/mol. The Morgan fingerprint density at radius 1 is 1.44 bits per heavy atom. The zero-order valence-corrected chi connectivity index (χ0v) is 10.4. The molecule has 0 atom stereocenters. The highest BCUT2D eigenvalue weighted by Crippen LogP contribution is 2.17. The van der Waals surface area contributed by atoms with Crippen molar-refractivity contribution in [2.75, 3.05) is 6.61 Å². The van der Waals surface area contributed by atoms with Crippen molar-refractivity contribution in [1.29, 1.82) is 0 Å². The second-order valence-corrected chi connectivity index (χ2v) is 3.76. The van der Waals surface area contributed by atoms with Crippen LogP contribution in [0.15, 0.2) is 51.2 Å². The topological polar surface area (TPSA) is 51.0 Å². The second kappa shape index (κ2) is 6.17. The number of benzene rings is 1. The van der Waals surface area contributed by atoms with E-state index in [9.17, 15) is 4.79 Å². The monoisotopic (exact) mass is 282 g/mol. The Hall–Kier alpha value is -1.49. The van der Waals surface area contributed by atoms with Crippen molar-refractivity contribution in [1.82, 2.24) is 0 Å². The molecule has 84 valence electrons. The van der Waals surface area contributed by atoms with E-state index in [4.69, 9.17) is 4.74 Å². The summed E-state index contributed by atoms with van der Waals surface area (Å²) in [5.74, 6) is -0.552. The highest BCUT2D eigenvalue weighted by Gasteiger charge is 2.05. The van der Waals surface area contributed by atoms with Gasteiger partial charge in [-0.05, 0) is 31.2 Å². The van der Waals surface area contributed by atoms with Gasteiger partial charge in [0.05, 0.1) is 12.3 Å². The van der Waals surface area contributed by atoms with Gasteiger partial charge in [-0.2, -0.15) is 5.11 Å². The first-order valence-corrected chi connectivity index (χ1v) is 5.46. The first-order valence-electron chi connectivity index (χ1n) is 4.67. The molecule has 0 fully saturated rings. The van der Waals surface area contributed by atoms with Gasteiger partial charge in [0.2, 0.25) is 0 Å². The van der Waals surface area contributed by atoms with Crippen molar-refractivity contribution in [2.24, 2.45) is 10.2 Å². The van der Waals surface area contributed by atoms with Crippen molar-refractivity contribution in [3.8, 4) is 0 Å². The van der Waals surface area contributed by atoms with Gasteiger partial charge in [0.25, 0.3) is 0 Å². The lowest BCUT2D eigenvalue weighted by molar-refractivity contribution is -0.138. The van der Waals surface area contributed by atoms with E-state index in [0.717, 1.165) is 4.47 Å².